The first-order chi connectivity index (χ1) is 8.58. The first kappa shape index (κ1) is 13.8. The molecule has 1 aromatic carbocycles. The Morgan fingerprint density at radius 3 is 2.78 bits per heavy atom. The van der Waals surface area contributed by atoms with Crippen LogP contribution in [0.5, 0.6) is 5.75 Å². The minimum Gasteiger partial charge on any atom is -0.495 e. The van der Waals surface area contributed by atoms with Gasteiger partial charge in [0.15, 0.2) is 0 Å². The van der Waals surface area contributed by atoms with Gasteiger partial charge in [-0.3, -0.25) is 4.79 Å². The molecule has 0 amide bonds. The van der Waals surface area contributed by atoms with Gasteiger partial charge in [0, 0.05) is 0 Å². The van der Waals surface area contributed by atoms with Gasteiger partial charge in [-0.15, -0.1) is 0 Å². The smallest absolute Gasteiger partial charge is 0.325 e. The highest BCUT2D eigenvalue weighted by Crippen LogP contribution is 2.27. The van der Waals surface area contributed by atoms with E-state index in [1.165, 1.54) is 7.11 Å². The number of nitrogens with zero attached hydrogens (tertiary/aromatic N) is 1. The number of carbonyl (C=O) groups is 1. The van der Waals surface area contributed by atoms with Crippen molar-refractivity contribution in [2.24, 2.45) is 0 Å². The third kappa shape index (κ3) is 3.67. The third-order valence-corrected chi connectivity index (χ3v) is 2.14. The SMILES string of the molecule is COc1cccc(C#N)c1NCC(=O)OC(C)C. The maximum atomic E-state index is 11.4. The largest absolute Gasteiger partial charge is 0.495 e. The molecule has 0 fully saturated rings. The molecule has 5 heteroatoms. The van der Waals surface area contributed by atoms with Gasteiger partial charge in [-0.25, -0.2) is 0 Å². The molecule has 5 nitrogen and oxygen atoms in total. The third-order valence-electron chi connectivity index (χ3n) is 2.14. The molecule has 0 spiro atoms. The molecule has 0 unspecified atom stereocenters. The molecule has 0 aromatic heterocycles. The van der Waals surface area contributed by atoms with E-state index in [0.717, 1.165) is 0 Å². The number of hydrogen-bond acceptors (Lipinski definition) is 5. The van der Waals surface area contributed by atoms with Crippen molar-refractivity contribution >= 4 is 11.7 Å². The van der Waals surface area contributed by atoms with Crippen molar-refractivity contribution in [3.63, 3.8) is 0 Å². The summed E-state index contributed by atoms with van der Waals surface area (Å²) in [5, 5.41) is 11.9. The van der Waals surface area contributed by atoms with E-state index in [1.54, 1.807) is 32.0 Å². The van der Waals surface area contributed by atoms with Gasteiger partial charge in [0.2, 0.25) is 0 Å². The summed E-state index contributed by atoms with van der Waals surface area (Å²) in [5.74, 6) is 0.145. The number of benzene rings is 1. The van der Waals surface area contributed by atoms with E-state index < -0.39 is 0 Å². The summed E-state index contributed by atoms with van der Waals surface area (Å²) in [4.78, 5) is 11.4. The number of anilines is 1. The monoisotopic (exact) mass is 248 g/mol. The second-order valence-electron chi connectivity index (χ2n) is 3.89. The van der Waals surface area contributed by atoms with Crippen molar-refractivity contribution in [1.29, 1.82) is 5.26 Å². The normalized spacial score (nSPS) is 9.72. The number of ether oxygens (including phenoxy) is 2. The molecule has 0 saturated carbocycles. The van der Waals surface area contributed by atoms with Crippen LogP contribution in [0.4, 0.5) is 5.69 Å². The summed E-state index contributed by atoms with van der Waals surface area (Å²) in [6.45, 7) is 3.55. The maximum Gasteiger partial charge on any atom is 0.325 e. The van der Waals surface area contributed by atoms with E-state index in [1.807, 2.05) is 6.07 Å². The molecule has 1 N–H and O–H groups in total. The summed E-state index contributed by atoms with van der Waals surface area (Å²) >= 11 is 0. The molecule has 18 heavy (non-hydrogen) atoms. The zero-order valence-electron chi connectivity index (χ0n) is 10.7. The average Bonchev–Trinajstić information content (AvgIpc) is 2.34. The van der Waals surface area contributed by atoms with Gasteiger partial charge in [-0.1, -0.05) is 6.07 Å². The predicted octanol–water partition coefficient (Wildman–Crippen LogP) is 1.93. The lowest BCUT2D eigenvalue weighted by Crippen LogP contribution is -2.20. The van der Waals surface area contributed by atoms with Crippen LogP contribution >= 0.6 is 0 Å². The molecule has 1 aromatic rings. The standard InChI is InChI=1S/C13H16N2O3/c1-9(2)18-12(16)8-15-13-10(7-14)5-4-6-11(13)17-3/h4-6,9,15H,8H2,1-3H3. The Bertz CT molecular complexity index is 464. The summed E-state index contributed by atoms with van der Waals surface area (Å²) in [7, 11) is 1.51. The minimum absolute atomic E-state index is 0.00671. The summed E-state index contributed by atoms with van der Waals surface area (Å²) in [5.41, 5.74) is 0.926. The quantitative estimate of drug-likeness (QED) is 0.806. The van der Waals surface area contributed by atoms with Gasteiger partial charge < -0.3 is 14.8 Å². The van der Waals surface area contributed by atoms with E-state index in [9.17, 15) is 4.79 Å². The molecule has 0 aliphatic heterocycles. The maximum absolute atomic E-state index is 11.4. The second kappa shape index (κ2) is 6.50. The Hall–Kier alpha value is -2.22. The average molecular weight is 248 g/mol. The van der Waals surface area contributed by atoms with Crippen molar-refractivity contribution < 1.29 is 14.3 Å². The lowest BCUT2D eigenvalue weighted by molar-refractivity contribution is -0.145. The number of methoxy groups -OCH3 is 1. The molecule has 1 rings (SSSR count). The topological polar surface area (TPSA) is 71.3 Å². The molecule has 0 saturated heterocycles. The van der Waals surface area contributed by atoms with Crippen LogP contribution < -0.4 is 10.1 Å². The van der Waals surface area contributed by atoms with Crippen LogP contribution in [0.25, 0.3) is 0 Å². The van der Waals surface area contributed by atoms with Gasteiger partial charge >= 0.3 is 5.97 Å². The molecular formula is C13H16N2O3. The van der Waals surface area contributed by atoms with E-state index in [-0.39, 0.29) is 18.6 Å². The Labute approximate surface area is 106 Å². The number of rotatable bonds is 5. The first-order valence-electron chi connectivity index (χ1n) is 5.59. The molecule has 0 bridgehead atoms. The molecular weight excluding hydrogens is 232 g/mol. The number of nitriles is 1. The molecule has 0 aliphatic carbocycles. The zero-order valence-corrected chi connectivity index (χ0v) is 10.7. The van der Waals surface area contributed by atoms with E-state index >= 15 is 0 Å². The van der Waals surface area contributed by atoms with Crippen molar-refractivity contribution in [3.05, 3.63) is 23.8 Å². The summed E-state index contributed by atoms with van der Waals surface area (Å²) in [6.07, 6.45) is -0.160. The molecule has 0 aliphatic rings. The minimum atomic E-state index is -0.375. The second-order valence-corrected chi connectivity index (χ2v) is 3.89. The predicted molar refractivity (Wildman–Crippen MR) is 67.4 cm³/mol. The van der Waals surface area contributed by atoms with Gasteiger partial charge in [0.25, 0.3) is 0 Å². The van der Waals surface area contributed by atoms with Gasteiger partial charge in [0.1, 0.15) is 18.4 Å². The van der Waals surface area contributed by atoms with Gasteiger partial charge in [-0.2, -0.15) is 5.26 Å². The van der Waals surface area contributed by atoms with E-state index in [0.29, 0.717) is 17.0 Å². The van der Waals surface area contributed by atoms with Gasteiger partial charge in [0.05, 0.1) is 24.5 Å². The number of carbonyl (C=O) groups excluding carboxylic acids is 1. The highest BCUT2D eigenvalue weighted by molar-refractivity contribution is 5.77. The number of nitrogens with one attached hydrogen (secondary N) is 1. The number of esters is 1. The fraction of sp³-hybridized carbons (Fsp3) is 0.385. The summed E-state index contributed by atoms with van der Waals surface area (Å²) < 4.78 is 10.1. The Balaban J connectivity index is 2.78. The molecule has 0 atom stereocenters. The van der Waals surface area contributed by atoms with Crippen LogP contribution in [-0.4, -0.2) is 25.7 Å². The highest BCUT2D eigenvalue weighted by atomic mass is 16.5. The van der Waals surface area contributed by atoms with E-state index in [4.69, 9.17) is 14.7 Å². The van der Waals surface area contributed by atoms with Crippen LogP contribution in [0.1, 0.15) is 19.4 Å². The Morgan fingerprint density at radius 1 is 1.50 bits per heavy atom. The Morgan fingerprint density at radius 2 is 2.22 bits per heavy atom. The van der Waals surface area contributed by atoms with Crippen molar-refractivity contribution in [3.8, 4) is 11.8 Å². The molecule has 96 valence electrons. The van der Waals surface area contributed by atoms with Crippen LogP contribution in [-0.2, 0) is 9.53 Å². The fourth-order valence-corrected chi connectivity index (χ4v) is 1.44. The van der Waals surface area contributed by atoms with Crippen molar-refractivity contribution in [2.45, 2.75) is 20.0 Å². The highest BCUT2D eigenvalue weighted by Gasteiger charge is 2.11. The van der Waals surface area contributed by atoms with Crippen molar-refractivity contribution in [2.75, 3.05) is 19.0 Å². The lowest BCUT2D eigenvalue weighted by Gasteiger charge is -2.13. The number of hydrogen-bond donors (Lipinski definition) is 1. The van der Waals surface area contributed by atoms with Gasteiger partial charge in [-0.05, 0) is 26.0 Å². The number of para-hydroxylation sites is 1. The van der Waals surface area contributed by atoms with Crippen LogP contribution in [0.3, 0.4) is 0 Å². The van der Waals surface area contributed by atoms with Crippen LogP contribution in [0, 0.1) is 11.3 Å². The molecule has 0 heterocycles. The van der Waals surface area contributed by atoms with Crippen molar-refractivity contribution in [1.82, 2.24) is 0 Å². The van der Waals surface area contributed by atoms with Crippen LogP contribution in [0.15, 0.2) is 18.2 Å². The zero-order chi connectivity index (χ0) is 13.5. The lowest BCUT2D eigenvalue weighted by atomic mass is 10.2. The Kier molecular flexibility index (Phi) is 5.00. The first-order valence-corrected chi connectivity index (χ1v) is 5.59. The van der Waals surface area contributed by atoms with Crippen LogP contribution in [0.2, 0.25) is 0 Å². The fourth-order valence-electron chi connectivity index (χ4n) is 1.44. The summed E-state index contributed by atoms with van der Waals surface area (Å²) in [6, 6.07) is 7.13. The van der Waals surface area contributed by atoms with E-state index in [2.05, 4.69) is 5.32 Å². The molecule has 0 radical (unpaired) electrons.